The van der Waals surface area contributed by atoms with E-state index in [1.807, 2.05) is 0 Å². The number of carbonyl (C=O) groups excluding carboxylic acids is 1. The molecule has 164 valence electrons. The monoisotopic (exact) mass is 396 g/mol. The molecule has 0 aliphatic heterocycles. The number of ether oxygens (including phenoxy) is 1. The first-order valence-corrected chi connectivity index (χ1v) is 11.7. The maximum Gasteiger partial charge on any atom is 0.309 e. The number of hydrogen-bond acceptors (Lipinski definition) is 3. The van der Waals surface area contributed by atoms with Gasteiger partial charge in [-0.15, -0.1) is 0 Å². The Morgan fingerprint density at radius 2 is 1.29 bits per heavy atom. The highest BCUT2D eigenvalue weighted by Gasteiger charge is 2.31. The maximum absolute atomic E-state index is 12.6. The van der Waals surface area contributed by atoms with Crippen molar-refractivity contribution in [3.8, 4) is 0 Å². The molecule has 1 aliphatic carbocycles. The van der Waals surface area contributed by atoms with Gasteiger partial charge in [-0.3, -0.25) is 9.59 Å². The molecule has 1 N–H and O–H groups in total. The van der Waals surface area contributed by atoms with Gasteiger partial charge in [0.15, 0.2) is 0 Å². The van der Waals surface area contributed by atoms with Gasteiger partial charge in [0.05, 0.1) is 11.8 Å². The number of aliphatic carboxylic acids is 1. The second-order valence-corrected chi connectivity index (χ2v) is 9.67. The average Bonchev–Trinajstić information content (AvgIpc) is 2.63. The van der Waals surface area contributed by atoms with Crippen LogP contribution in [0.4, 0.5) is 0 Å². The average molecular weight is 397 g/mol. The molecule has 4 heteroatoms. The Balaban J connectivity index is 2.26. The lowest BCUT2D eigenvalue weighted by atomic mass is 9.82. The number of carbonyl (C=O) groups is 2. The van der Waals surface area contributed by atoms with Crippen molar-refractivity contribution in [2.24, 2.45) is 23.7 Å². The zero-order chi connectivity index (χ0) is 20.9. The van der Waals surface area contributed by atoms with Gasteiger partial charge in [-0.2, -0.15) is 0 Å². The Kier molecular flexibility index (Phi) is 12.5. The van der Waals surface area contributed by atoms with E-state index in [0.29, 0.717) is 31.6 Å². The SMILES string of the molecule is CC(C)CCCCCCCCC(CC(C)C)OC(=O)C1CCC(C(=O)O)CC1. The Morgan fingerprint density at radius 1 is 0.786 bits per heavy atom. The Hall–Kier alpha value is -1.06. The van der Waals surface area contributed by atoms with E-state index < -0.39 is 5.97 Å². The summed E-state index contributed by atoms with van der Waals surface area (Å²) in [5.41, 5.74) is 0. The van der Waals surface area contributed by atoms with Crippen LogP contribution in [-0.2, 0) is 14.3 Å². The summed E-state index contributed by atoms with van der Waals surface area (Å²) >= 11 is 0. The molecule has 1 saturated carbocycles. The van der Waals surface area contributed by atoms with Crippen LogP contribution in [0.3, 0.4) is 0 Å². The molecule has 0 amide bonds. The summed E-state index contributed by atoms with van der Waals surface area (Å²) in [5, 5.41) is 9.10. The minimum Gasteiger partial charge on any atom is -0.481 e. The molecule has 0 aromatic rings. The van der Waals surface area contributed by atoms with Gasteiger partial charge in [-0.25, -0.2) is 0 Å². The second-order valence-electron chi connectivity index (χ2n) is 9.67. The van der Waals surface area contributed by atoms with Gasteiger partial charge in [-0.1, -0.05) is 66.2 Å². The van der Waals surface area contributed by atoms with Crippen LogP contribution in [0.25, 0.3) is 0 Å². The summed E-state index contributed by atoms with van der Waals surface area (Å²) in [4.78, 5) is 23.6. The molecular weight excluding hydrogens is 352 g/mol. The molecule has 1 fully saturated rings. The van der Waals surface area contributed by atoms with E-state index >= 15 is 0 Å². The predicted octanol–water partition coefficient (Wildman–Crippen LogP) is 6.61. The molecule has 0 aromatic heterocycles. The summed E-state index contributed by atoms with van der Waals surface area (Å²) < 4.78 is 5.88. The van der Waals surface area contributed by atoms with Crippen LogP contribution in [0.15, 0.2) is 0 Å². The zero-order valence-corrected chi connectivity index (χ0v) is 18.8. The van der Waals surface area contributed by atoms with Crippen LogP contribution in [-0.4, -0.2) is 23.1 Å². The predicted molar refractivity (Wildman–Crippen MR) is 114 cm³/mol. The van der Waals surface area contributed by atoms with Gasteiger partial charge in [0.1, 0.15) is 6.10 Å². The molecular formula is C24H44O4. The molecule has 4 nitrogen and oxygen atoms in total. The third kappa shape index (κ3) is 11.1. The van der Waals surface area contributed by atoms with E-state index in [4.69, 9.17) is 9.84 Å². The molecule has 0 heterocycles. The summed E-state index contributed by atoms with van der Waals surface area (Å²) in [6, 6.07) is 0. The quantitative estimate of drug-likeness (QED) is 0.265. The smallest absolute Gasteiger partial charge is 0.309 e. The number of esters is 1. The molecule has 1 atom stereocenters. The fourth-order valence-corrected chi connectivity index (χ4v) is 4.22. The van der Waals surface area contributed by atoms with E-state index in [-0.39, 0.29) is 23.9 Å². The lowest BCUT2D eigenvalue weighted by Crippen LogP contribution is -2.30. The largest absolute Gasteiger partial charge is 0.481 e. The molecule has 0 saturated heterocycles. The Bertz CT molecular complexity index is 436. The molecule has 28 heavy (non-hydrogen) atoms. The molecule has 1 unspecified atom stereocenters. The van der Waals surface area contributed by atoms with Gasteiger partial charge in [0, 0.05) is 0 Å². The molecule has 0 radical (unpaired) electrons. The highest BCUT2D eigenvalue weighted by molar-refractivity contribution is 5.74. The topological polar surface area (TPSA) is 63.6 Å². The summed E-state index contributed by atoms with van der Waals surface area (Å²) in [7, 11) is 0. The van der Waals surface area contributed by atoms with E-state index in [9.17, 15) is 9.59 Å². The zero-order valence-electron chi connectivity index (χ0n) is 18.8. The van der Waals surface area contributed by atoms with Gasteiger partial charge in [-0.05, 0) is 56.8 Å². The van der Waals surface area contributed by atoms with E-state index in [1.54, 1.807) is 0 Å². The number of carboxylic acids is 1. The van der Waals surface area contributed by atoms with Crippen LogP contribution in [0.1, 0.15) is 111 Å². The van der Waals surface area contributed by atoms with Gasteiger partial charge in [0.25, 0.3) is 0 Å². The normalized spacial score (nSPS) is 21.1. The third-order valence-electron chi connectivity index (χ3n) is 5.98. The molecule has 1 aliphatic rings. The van der Waals surface area contributed by atoms with Crippen molar-refractivity contribution in [2.45, 2.75) is 117 Å². The fraction of sp³-hybridized carbons (Fsp3) is 0.917. The highest BCUT2D eigenvalue weighted by atomic mass is 16.5. The van der Waals surface area contributed by atoms with E-state index in [0.717, 1.165) is 25.2 Å². The molecule has 0 aromatic carbocycles. The maximum atomic E-state index is 12.6. The van der Waals surface area contributed by atoms with Gasteiger partial charge in [0.2, 0.25) is 0 Å². The van der Waals surface area contributed by atoms with Crippen molar-refractivity contribution >= 4 is 11.9 Å². The minimum absolute atomic E-state index is 0.0191. The van der Waals surface area contributed by atoms with E-state index in [1.165, 1.54) is 38.5 Å². The minimum atomic E-state index is -0.728. The summed E-state index contributed by atoms with van der Waals surface area (Å²) in [6.45, 7) is 8.92. The number of hydrogen-bond donors (Lipinski definition) is 1. The first-order valence-electron chi connectivity index (χ1n) is 11.7. The number of rotatable bonds is 14. The Labute approximate surface area is 172 Å². The first-order chi connectivity index (χ1) is 13.3. The van der Waals surface area contributed by atoms with Crippen LogP contribution in [0, 0.1) is 23.7 Å². The number of carboxylic acid groups (broad SMARTS) is 1. The molecule has 0 bridgehead atoms. The highest BCUT2D eigenvalue weighted by Crippen LogP contribution is 2.30. The van der Waals surface area contributed by atoms with E-state index in [2.05, 4.69) is 27.7 Å². The molecule has 1 rings (SSSR count). The lowest BCUT2D eigenvalue weighted by molar-refractivity contribution is -0.158. The van der Waals surface area contributed by atoms with Gasteiger partial charge < -0.3 is 9.84 Å². The fourth-order valence-electron chi connectivity index (χ4n) is 4.22. The van der Waals surface area contributed by atoms with Crippen molar-refractivity contribution in [3.63, 3.8) is 0 Å². The van der Waals surface area contributed by atoms with Crippen LogP contribution in [0.5, 0.6) is 0 Å². The van der Waals surface area contributed by atoms with Crippen LogP contribution in [0.2, 0.25) is 0 Å². The summed E-state index contributed by atoms with van der Waals surface area (Å²) in [5.74, 6) is 0.112. The van der Waals surface area contributed by atoms with Crippen molar-refractivity contribution in [1.82, 2.24) is 0 Å². The second kappa shape index (κ2) is 14.0. The third-order valence-corrected chi connectivity index (χ3v) is 5.98. The standard InChI is InChI=1S/C24H44O4/c1-18(2)11-9-7-5-6-8-10-12-22(17-19(3)4)28-24(27)21-15-13-20(14-16-21)23(25)26/h18-22H,5-17H2,1-4H3,(H,25,26). The van der Waals surface area contributed by atoms with Crippen LogP contribution >= 0.6 is 0 Å². The van der Waals surface area contributed by atoms with Crippen molar-refractivity contribution in [1.29, 1.82) is 0 Å². The summed E-state index contributed by atoms with van der Waals surface area (Å²) in [6.07, 6.45) is 13.3. The van der Waals surface area contributed by atoms with Crippen molar-refractivity contribution in [2.75, 3.05) is 0 Å². The van der Waals surface area contributed by atoms with Crippen molar-refractivity contribution < 1.29 is 19.4 Å². The molecule has 0 spiro atoms. The lowest BCUT2D eigenvalue weighted by Gasteiger charge is -2.27. The first kappa shape index (κ1) is 25.0. The van der Waals surface area contributed by atoms with Gasteiger partial charge >= 0.3 is 11.9 Å². The Morgan fingerprint density at radius 3 is 1.79 bits per heavy atom. The van der Waals surface area contributed by atoms with Crippen molar-refractivity contribution in [3.05, 3.63) is 0 Å². The number of unbranched alkanes of at least 4 members (excludes halogenated alkanes) is 5. The van der Waals surface area contributed by atoms with Crippen LogP contribution < -0.4 is 0 Å².